The minimum absolute atomic E-state index is 0. The predicted molar refractivity (Wildman–Crippen MR) is 63.7 cm³/mol. The molecule has 16 heavy (non-hydrogen) atoms. The van der Waals surface area contributed by atoms with Gasteiger partial charge in [0.05, 0.1) is 13.3 Å². The third kappa shape index (κ3) is 3.47. The van der Waals surface area contributed by atoms with Crippen molar-refractivity contribution in [2.75, 3.05) is 13.7 Å². The molecule has 1 aliphatic carbocycles. The van der Waals surface area contributed by atoms with Crippen molar-refractivity contribution in [3.63, 3.8) is 0 Å². The average molecular weight is 227 g/mol. The Kier molecular flexibility index (Phi) is 6.69. The van der Waals surface area contributed by atoms with Crippen LogP contribution < -0.4 is 4.74 Å². The van der Waals surface area contributed by atoms with Crippen LogP contribution in [-0.2, 0) is 0 Å². The molecular formula is C12H21NO3. The van der Waals surface area contributed by atoms with Crippen molar-refractivity contribution < 1.29 is 15.3 Å². The molecule has 1 fully saturated rings. The van der Waals surface area contributed by atoms with E-state index in [2.05, 4.69) is 4.98 Å². The summed E-state index contributed by atoms with van der Waals surface area (Å²) < 4.78 is 5.01. The standard InChI is InChI=1S/C10H13NO2.C2H6.H2O/c1-13-8-2-3-10(11-5-8)9-4-7(9)6-12;1-2;/h2-3,5,7,9,12H,4,6H2,1H3;1-2H3;1H2/t7-,9+;;/m0../s1. The molecule has 0 saturated heterocycles. The summed E-state index contributed by atoms with van der Waals surface area (Å²) in [7, 11) is 1.63. The number of pyridine rings is 1. The molecule has 1 aromatic heterocycles. The van der Waals surface area contributed by atoms with Gasteiger partial charge in [0, 0.05) is 18.2 Å². The van der Waals surface area contributed by atoms with Crippen molar-refractivity contribution in [3.05, 3.63) is 24.0 Å². The minimum Gasteiger partial charge on any atom is -0.495 e. The second kappa shape index (κ2) is 7.19. The molecule has 92 valence electrons. The van der Waals surface area contributed by atoms with Crippen molar-refractivity contribution in [1.29, 1.82) is 0 Å². The Bertz CT molecular complexity index is 287. The lowest BCUT2D eigenvalue weighted by atomic mass is 10.2. The molecule has 1 aliphatic rings. The molecule has 0 radical (unpaired) electrons. The SMILES string of the molecule is CC.COc1ccc([C@@H]2C[C@H]2CO)nc1.O. The lowest BCUT2D eigenvalue weighted by molar-refractivity contribution is 0.273. The molecule has 0 aliphatic heterocycles. The van der Waals surface area contributed by atoms with Gasteiger partial charge >= 0.3 is 0 Å². The monoisotopic (exact) mass is 227 g/mol. The van der Waals surface area contributed by atoms with Crippen molar-refractivity contribution in [3.8, 4) is 5.75 Å². The summed E-state index contributed by atoms with van der Waals surface area (Å²) in [6.45, 7) is 4.28. The minimum atomic E-state index is 0. The molecule has 1 saturated carbocycles. The maximum absolute atomic E-state index is 8.89. The first kappa shape index (κ1) is 14.9. The number of ether oxygens (including phenoxy) is 1. The summed E-state index contributed by atoms with van der Waals surface area (Å²) in [5, 5.41) is 8.89. The topological polar surface area (TPSA) is 73.8 Å². The number of rotatable bonds is 3. The van der Waals surface area contributed by atoms with Gasteiger partial charge in [-0.2, -0.15) is 0 Å². The van der Waals surface area contributed by atoms with E-state index < -0.39 is 0 Å². The number of hydrogen-bond acceptors (Lipinski definition) is 3. The van der Waals surface area contributed by atoms with E-state index in [9.17, 15) is 0 Å². The highest BCUT2D eigenvalue weighted by molar-refractivity contribution is 5.25. The highest BCUT2D eigenvalue weighted by Crippen LogP contribution is 2.46. The molecule has 2 rings (SSSR count). The van der Waals surface area contributed by atoms with Crippen LogP contribution in [0.4, 0.5) is 0 Å². The first-order chi connectivity index (χ1) is 7.35. The van der Waals surface area contributed by atoms with E-state index in [1.165, 1.54) is 0 Å². The number of nitrogens with zero attached hydrogens (tertiary/aromatic N) is 1. The van der Waals surface area contributed by atoms with E-state index in [4.69, 9.17) is 9.84 Å². The molecule has 0 bridgehead atoms. The van der Waals surface area contributed by atoms with Crippen LogP contribution in [0.1, 0.15) is 31.9 Å². The molecule has 0 amide bonds. The zero-order valence-electron chi connectivity index (χ0n) is 10.1. The van der Waals surface area contributed by atoms with Crippen LogP contribution >= 0.6 is 0 Å². The van der Waals surface area contributed by atoms with Crippen LogP contribution in [0.5, 0.6) is 5.75 Å². The highest BCUT2D eigenvalue weighted by atomic mass is 16.5. The van der Waals surface area contributed by atoms with Crippen molar-refractivity contribution in [2.45, 2.75) is 26.2 Å². The fourth-order valence-corrected chi connectivity index (χ4v) is 1.54. The lowest BCUT2D eigenvalue weighted by Gasteiger charge is -2.00. The number of methoxy groups -OCH3 is 1. The number of aliphatic hydroxyl groups is 1. The van der Waals surface area contributed by atoms with E-state index in [1.807, 2.05) is 26.0 Å². The Labute approximate surface area is 96.6 Å². The maximum atomic E-state index is 8.89. The van der Waals surface area contributed by atoms with Crippen LogP contribution in [0.15, 0.2) is 18.3 Å². The molecule has 0 spiro atoms. The van der Waals surface area contributed by atoms with Gasteiger partial charge in [-0.25, -0.2) is 0 Å². The van der Waals surface area contributed by atoms with E-state index in [0.717, 1.165) is 17.9 Å². The number of aliphatic hydroxyl groups excluding tert-OH is 1. The Hall–Kier alpha value is -1.13. The second-order valence-electron chi connectivity index (χ2n) is 3.41. The van der Waals surface area contributed by atoms with E-state index in [-0.39, 0.29) is 12.1 Å². The summed E-state index contributed by atoms with van der Waals surface area (Å²) >= 11 is 0. The summed E-state index contributed by atoms with van der Waals surface area (Å²) in [5.74, 6) is 1.68. The Morgan fingerprint density at radius 1 is 1.44 bits per heavy atom. The van der Waals surface area contributed by atoms with Crippen LogP contribution in [-0.4, -0.2) is 29.3 Å². The quantitative estimate of drug-likeness (QED) is 0.847. The zero-order valence-corrected chi connectivity index (χ0v) is 10.1. The average Bonchev–Trinajstić information content (AvgIpc) is 3.11. The molecule has 4 heteroatoms. The lowest BCUT2D eigenvalue weighted by Crippen LogP contribution is -1.92. The predicted octanol–water partition coefficient (Wildman–Crippen LogP) is 1.39. The summed E-state index contributed by atoms with van der Waals surface area (Å²) in [6.07, 6.45) is 2.79. The first-order valence-electron chi connectivity index (χ1n) is 5.46. The normalized spacial score (nSPS) is 21.2. The van der Waals surface area contributed by atoms with Crippen LogP contribution in [0.3, 0.4) is 0 Å². The molecule has 0 aromatic carbocycles. The van der Waals surface area contributed by atoms with Gasteiger partial charge in [-0.05, 0) is 24.5 Å². The van der Waals surface area contributed by atoms with Gasteiger partial charge in [0.2, 0.25) is 0 Å². The van der Waals surface area contributed by atoms with Gasteiger partial charge in [0.25, 0.3) is 0 Å². The number of aromatic nitrogens is 1. The fourth-order valence-electron chi connectivity index (χ4n) is 1.54. The third-order valence-corrected chi connectivity index (χ3v) is 2.53. The molecule has 1 aromatic rings. The molecule has 0 unspecified atom stereocenters. The van der Waals surface area contributed by atoms with E-state index >= 15 is 0 Å². The van der Waals surface area contributed by atoms with Crippen molar-refractivity contribution in [2.24, 2.45) is 5.92 Å². The third-order valence-electron chi connectivity index (χ3n) is 2.53. The van der Waals surface area contributed by atoms with Crippen LogP contribution in [0.2, 0.25) is 0 Å². The summed E-state index contributed by atoms with van der Waals surface area (Å²) in [4.78, 5) is 4.27. The molecule has 4 nitrogen and oxygen atoms in total. The highest BCUT2D eigenvalue weighted by Gasteiger charge is 2.38. The van der Waals surface area contributed by atoms with Crippen molar-refractivity contribution in [1.82, 2.24) is 4.98 Å². The van der Waals surface area contributed by atoms with Crippen LogP contribution in [0.25, 0.3) is 0 Å². The first-order valence-corrected chi connectivity index (χ1v) is 5.46. The Morgan fingerprint density at radius 3 is 2.50 bits per heavy atom. The van der Waals surface area contributed by atoms with E-state index in [0.29, 0.717) is 11.8 Å². The van der Waals surface area contributed by atoms with Gasteiger partial charge < -0.3 is 15.3 Å². The fraction of sp³-hybridized carbons (Fsp3) is 0.583. The van der Waals surface area contributed by atoms with Gasteiger partial charge in [0.1, 0.15) is 5.75 Å². The van der Waals surface area contributed by atoms with Gasteiger partial charge in [-0.15, -0.1) is 0 Å². The van der Waals surface area contributed by atoms with Gasteiger partial charge in [-0.1, -0.05) is 13.8 Å². The Morgan fingerprint density at radius 2 is 2.12 bits per heavy atom. The molecular weight excluding hydrogens is 206 g/mol. The van der Waals surface area contributed by atoms with E-state index in [1.54, 1.807) is 13.3 Å². The molecule has 3 N–H and O–H groups in total. The molecule has 1 heterocycles. The zero-order chi connectivity index (χ0) is 11.3. The largest absolute Gasteiger partial charge is 0.495 e. The second-order valence-corrected chi connectivity index (χ2v) is 3.41. The summed E-state index contributed by atoms with van der Waals surface area (Å²) in [5.41, 5.74) is 1.07. The molecule has 2 atom stereocenters. The maximum Gasteiger partial charge on any atom is 0.137 e. The van der Waals surface area contributed by atoms with Crippen LogP contribution in [0, 0.1) is 5.92 Å². The van der Waals surface area contributed by atoms with Crippen molar-refractivity contribution >= 4 is 0 Å². The van der Waals surface area contributed by atoms with Gasteiger partial charge in [0.15, 0.2) is 0 Å². The Balaban J connectivity index is 0.000000711. The summed E-state index contributed by atoms with van der Waals surface area (Å²) in [6, 6.07) is 3.88. The number of hydrogen-bond donors (Lipinski definition) is 1. The smallest absolute Gasteiger partial charge is 0.137 e. The van der Waals surface area contributed by atoms with Gasteiger partial charge in [-0.3, -0.25) is 4.98 Å².